The Kier molecular flexibility index (Phi) is 5.01. The fraction of sp³-hybridized carbons (Fsp3) is 0.214. The van der Waals surface area contributed by atoms with Crippen LogP contribution in [0.2, 0.25) is 0 Å². The van der Waals surface area contributed by atoms with Gasteiger partial charge >= 0.3 is 0 Å². The Morgan fingerprint density at radius 2 is 2.26 bits per heavy atom. The highest BCUT2D eigenvalue weighted by Crippen LogP contribution is 2.23. The van der Waals surface area contributed by atoms with Crippen LogP contribution in [0.4, 0.5) is 0 Å². The second-order valence-corrected chi connectivity index (χ2v) is 4.75. The number of halogens is 1. The van der Waals surface area contributed by atoms with E-state index in [2.05, 4.69) is 32.3 Å². The van der Waals surface area contributed by atoms with E-state index in [1.165, 1.54) is 0 Å². The number of ether oxygens (including phenoxy) is 1. The number of nitrogens with zero attached hydrogens (tertiary/aromatic N) is 1. The molecule has 5 heteroatoms. The predicted octanol–water partition coefficient (Wildman–Crippen LogP) is 2.74. The Labute approximate surface area is 120 Å². The first-order valence-electron chi connectivity index (χ1n) is 5.74. The summed E-state index contributed by atoms with van der Waals surface area (Å²) in [5, 5.41) is 7.11. The van der Waals surface area contributed by atoms with E-state index in [1.807, 2.05) is 24.3 Å². The molecule has 0 bridgehead atoms. The van der Waals surface area contributed by atoms with Crippen molar-refractivity contribution < 1.29 is 9.26 Å². The molecule has 0 aliphatic heterocycles. The third-order valence-corrected chi connectivity index (χ3v) is 2.94. The van der Waals surface area contributed by atoms with Crippen molar-refractivity contribution in [1.29, 1.82) is 0 Å². The molecule has 0 aliphatic rings. The average molecular weight is 321 g/mol. The molecule has 0 aliphatic carbocycles. The molecule has 1 aromatic carbocycles. The summed E-state index contributed by atoms with van der Waals surface area (Å²) in [7, 11) is 0. The Hall–Kier alpha value is -1.77. The van der Waals surface area contributed by atoms with E-state index in [1.54, 1.807) is 6.26 Å². The molecule has 1 N–H and O–H groups in total. The summed E-state index contributed by atoms with van der Waals surface area (Å²) in [6.45, 7) is 1.56. The second-order valence-electron chi connectivity index (χ2n) is 3.84. The molecule has 0 radical (unpaired) electrons. The molecule has 0 spiro atoms. The highest BCUT2D eigenvalue weighted by atomic mass is 79.9. The number of hydrogen-bond donors (Lipinski definition) is 1. The third-order valence-electron chi connectivity index (χ3n) is 2.45. The van der Waals surface area contributed by atoms with E-state index in [9.17, 15) is 0 Å². The minimum Gasteiger partial charge on any atom is -0.481 e. The van der Waals surface area contributed by atoms with Crippen molar-refractivity contribution in [3.63, 3.8) is 0 Å². The van der Waals surface area contributed by atoms with Crippen LogP contribution in [0.25, 0.3) is 0 Å². The Balaban J connectivity index is 1.97. The fourth-order valence-electron chi connectivity index (χ4n) is 1.60. The Morgan fingerprint density at radius 3 is 3.00 bits per heavy atom. The predicted molar refractivity (Wildman–Crippen MR) is 75.5 cm³/mol. The summed E-state index contributed by atoms with van der Waals surface area (Å²) in [5.41, 5.74) is 1.90. The fourth-order valence-corrected chi connectivity index (χ4v) is 2.01. The smallest absolute Gasteiger partial charge is 0.148 e. The van der Waals surface area contributed by atoms with Gasteiger partial charge in [0.2, 0.25) is 0 Å². The summed E-state index contributed by atoms with van der Waals surface area (Å²) < 4.78 is 11.3. The maximum atomic E-state index is 5.50. The largest absolute Gasteiger partial charge is 0.481 e. The molecule has 1 aromatic heterocycles. The number of rotatable bonds is 6. The van der Waals surface area contributed by atoms with Gasteiger partial charge in [-0.05, 0) is 18.2 Å². The zero-order valence-corrected chi connectivity index (χ0v) is 11.8. The van der Waals surface area contributed by atoms with E-state index in [4.69, 9.17) is 15.7 Å². The molecule has 0 atom stereocenters. The maximum absolute atomic E-state index is 5.50. The monoisotopic (exact) mass is 320 g/mol. The molecule has 0 fully saturated rings. The van der Waals surface area contributed by atoms with Crippen LogP contribution < -0.4 is 10.1 Å². The Morgan fingerprint density at radius 1 is 1.37 bits per heavy atom. The van der Waals surface area contributed by atoms with Gasteiger partial charge in [-0.15, -0.1) is 6.42 Å². The van der Waals surface area contributed by atoms with Crippen molar-refractivity contribution in [2.45, 2.75) is 13.1 Å². The van der Waals surface area contributed by atoms with Gasteiger partial charge in [0.15, 0.2) is 0 Å². The van der Waals surface area contributed by atoms with E-state index in [-0.39, 0.29) is 6.61 Å². The lowest BCUT2D eigenvalue weighted by molar-refractivity contribution is 0.364. The summed E-state index contributed by atoms with van der Waals surface area (Å²) in [5.74, 6) is 3.25. The molecule has 0 unspecified atom stereocenters. The summed E-state index contributed by atoms with van der Waals surface area (Å²) in [4.78, 5) is 0. The first-order valence-corrected chi connectivity index (χ1v) is 6.53. The molecule has 19 heavy (non-hydrogen) atoms. The van der Waals surface area contributed by atoms with Crippen LogP contribution >= 0.6 is 15.9 Å². The van der Waals surface area contributed by atoms with Gasteiger partial charge < -0.3 is 14.6 Å². The number of nitrogens with one attached hydrogen (secondary N) is 1. The standard InChI is InChI=1S/C14H13BrN2O2/c1-2-6-18-14-4-3-12(15)8-11(14)9-16-10-13-5-7-19-17-13/h1,3-5,7-8,16H,6,9-10H2. The molecule has 2 aromatic rings. The van der Waals surface area contributed by atoms with Crippen LogP contribution in [0.15, 0.2) is 39.5 Å². The van der Waals surface area contributed by atoms with Crippen molar-refractivity contribution in [2.75, 3.05) is 6.61 Å². The highest BCUT2D eigenvalue weighted by molar-refractivity contribution is 9.10. The molecule has 0 saturated carbocycles. The quantitative estimate of drug-likeness (QED) is 0.831. The summed E-state index contributed by atoms with van der Waals surface area (Å²) >= 11 is 3.44. The van der Waals surface area contributed by atoms with Crippen LogP contribution in [-0.4, -0.2) is 11.8 Å². The van der Waals surface area contributed by atoms with Crippen molar-refractivity contribution in [1.82, 2.24) is 10.5 Å². The zero-order valence-electron chi connectivity index (χ0n) is 10.2. The van der Waals surface area contributed by atoms with Gasteiger partial charge in [-0.25, -0.2) is 0 Å². The first kappa shape index (κ1) is 13.7. The molecule has 1 heterocycles. The molecule has 4 nitrogen and oxygen atoms in total. The van der Waals surface area contributed by atoms with Crippen LogP contribution in [0.5, 0.6) is 5.75 Å². The normalized spacial score (nSPS) is 10.1. The van der Waals surface area contributed by atoms with Crippen molar-refractivity contribution in [3.8, 4) is 18.1 Å². The van der Waals surface area contributed by atoms with Gasteiger partial charge in [0.25, 0.3) is 0 Å². The van der Waals surface area contributed by atoms with E-state index >= 15 is 0 Å². The van der Waals surface area contributed by atoms with Crippen molar-refractivity contribution in [3.05, 3.63) is 46.3 Å². The van der Waals surface area contributed by atoms with Crippen LogP contribution in [0.1, 0.15) is 11.3 Å². The first-order chi connectivity index (χ1) is 9.29. The molecule has 2 rings (SSSR count). The van der Waals surface area contributed by atoms with Gasteiger partial charge in [-0.1, -0.05) is 27.0 Å². The lowest BCUT2D eigenvalue weighted by Crippen LogP contribution is -2.14. The number of benzene rings is 1. The number of aromatic nitrogens is 1. The van der Waals surface area contributed by atoms with Crippen LogP contribution in [-0.2, 0) is 13.1 Å². The van der Waals surface area contributed by atoms with E-state index in [0.29, 0.717) is 13.1 Å². The van der Waals surface area contributed by atoms with Gasteiger partial charge in [0.1, 0.15) is 18.6 Å². The average Bonchev–Trinajstić information content (AvgIpc) is 2.91. The highest BCUT2D eigenvalue weighted by Gasteiger charge is 2.05. The molecule has 0 amide bonds. The zero-order chi connectivity index (χ0) is 13.5. The lowest BCUT2D eigenvalue weighted by atomic mass is 10.2. The van der Waals surface area contributed by atoms with E-state index in [0.717, 1.165) is 21.5 Å². The van der Waals surface area contributed by atoms with Gasteiger partial charge in [-0.3, -0.25) is 0 Å². The molecular weight excluding hydrogens is 308 g/mol. The minimum atomic E-state index is 0.262. The molecule has 0 saturated heterocycles. The third kappa shape index (κ3) is 4.12. The van der Waals surface area contributed by atoms with Crippen molar-refractivity contribution >= 4 is 15.9 Å². The van der Waals surface area contributed by atoms with Crippen LogP contribution in [0, 0.1) is 12.3 Å². The maximum Gasteiger partial charge on any atom is 0.148 e. The number of terminal acetylenes is 1. The number of hydrogen-bond acceptors (Lipinski definition) is 4. The SMILES string of the molecule is C#CCOc1ccc(Br)cc1CNCc1ccon1. The van der Waals surface area contributed by atoms with Crippen molar-refractivity contribution in [2.24, 2.45) is 0 Å². The summed E-state index contributed by atoms with van der Waals surface area (Å²) in [6.07, 6.45) is 6.76. The topological polar surface area (TPSA) is 47.3 Å². The van der Waals surface area contributed by atoms with Gasteiger partial charge in [0, 0.05) is 29.2 Å². The van der Waals surface area contributed by atoms with Crippen LogP contribution in [0.3, 0.4) is 0 Å². The molecular formula is C14H13BrN2O2. The van der Waals surface area contributed by atoms with E-state index < -0.39 is 0 Å². The minimum absolute atomic E-state index is 0.262. The lowest BCUT2D eigenvalue weighted by Gasteiger charge is -2.10. The second kappa shape index (κ2) is 6.98. The summed E-state index contributed by atoms with van der Waals surface area (Å²) in [6, 6.07) is 7.65. The Bertz CT molecular complexity index is 561. The molecule has 98 valence electrons. The van der Waals surface area contributed by atoms with Gasteiger partial charge in [0.05, 0.1) is 5.69 Å². The van der Waals surface area contributed by atoms with Gasteiger partial charge in [-0.2, -0.15) is 0 Å².